The number of hydrogen-bond donors (Lipinski definition) is 3. The van der Waals surface area contributed by atoms with Crippen molar-refractivity contribution in [2.24, 2.45) is 0 Å². The molecule has 0 atom stereocenters. The molecular formula is C19H20FN5O. The average Bonchev–Trinajstić information content (AvgIpc) is 3.14. The first-order valence-electron chi connectivity index (χ1n) is 8.65. The lowest BCUT2D eigenvalue weighted by molar-refractivity contribution is 0.142. The fourth-order valence-corrected chi connectivity index (χ4v) is 2.77. The molecule has 1 aliphatic heterocycles. The summed E-state index contributed by atoms with van der Waals surface area (Å²) >= 11 is 0. The number of rotatable bonds is 6. The second-order valence-electron chi connectivity index (χ2n) is 6.23. The third-order valence-electron chi connectivity index (χ3n) is 4.29. The molecule has 7 heteroatoms. The first-order valence-corrected chi connectivity index (χ1v) is 8.65. The number of ether oxygens (including phenoxy) is 1. The number of nitrogens with one attached hydrogen (secondary N) is 3. The number of halogens is 1. The molecule has 1 fully saturated rings. The molecule has 4 rings (SSSR count). The van der Waals surface area contributed by atoms with Crippen molar-refractivity contribution in [3.8, 4) is 17.0 Å². The summed E-state index contributed by atoms with van der Waals surface area (Å²) in [5.41, 5.74) is 2.90. The maximum Gasteiger partial charge on any atom is 0.227 e. The molecule has 0 saturated carbocycles. The summed E-state index contributed by atoms with van der Waals surface area (Å²) in [6.45, 7) is 3.81. The highest BCUT2D eigenvalue weighted by atomic mass is 19.1. The molecule has 0 aliphatic carbocycles. The lowest BCUT2D eigenvalue weighted by atomic mass is 10.1. The number of benzene rings is 1. The zero-order valence-corrected chi connectivity index (χ0v) is 14.4. The monoisotopic (exact) mass is 353 g/mol. The summed E-state index contributed by atoms with van der Waals surface area (Å²) in [6.07, 6.45) is 5.70. The number of aryl methyl sites for hydroxylation is 1. The Kier molecular flexibility index (Phi) is 4.53. The van der Waals surface area contributed by atoms with Crippen LogP contribution in [0.5, 0.6) is 5.75 Å². The van der Waals surface area contributed by atoms with Gasteiger partial charge in [0.25, 0.3) is 0 Å². The van der Waals surface area contributed by atoms with Crippen molar-refractivity contribution in [1.29, 1.82) is 0 Å². The molecule has 0 amide bonds. The van der Waals surface area contributed by atoms with Crippen LogP contribution in [0.3, 0.4) is 0 Å². The topological polar surface area (TPSA) is 74.9 Å². The van der Waals surface area contributed by atoms with Gasteiger partial charge in [-0.15, -0.1) is 0 Å². The minimum Gasteiger partial charge on any atom is -0.488 e. The minimum atomic E-state index is -0.459. The number of H-pyrrole nitrogens is 1. The Labute approximate surface area is 150 Å². The highest BCUT2D eigenvalue weighted by molar-refractivity contribution is 5.63. The predicted octanol–water partition coefficient (Wildman–Crippen LogP) is 3.27. The Hall–Kier alpha value is -2.93. The molecule has 2 aromatic heterocycles. The molecule has 3 N–H and O–H groups in total. The molecule has 1 aliphatic rings. The molecule has 26 heavy (non-hydrogen) atoms. The van der Waals surface area contributed by atoms with Gasteiger partial charge in [-0.2, -0.15) is 0 Å². The van der Waals surface area contributed by atoms with Crippen molar-refractivity contribution >= 4 is 11.6 Å². The zero-order chi connectivity index (χ0) is 17.9. The minimum absolute atomic E-state index is 0.206. The van der Waals surface area contributed by atoms with Gasteiger partial charge in [0.2, 0.25) is 5.95 Å². The molecule has 3 heterocycles. The third kappa shape index (κ3) is 3.52. The van der Waals surface area contributed by atoms with Crippen molar-refractivity contribution in [1.82, 2.24) is 20.3 Å². The number of nitrogens with zero attached hydrogens (tertiary/aromatic N) is 2. The molecule has 6 nitrogen and oxygen atoms in total. The summed E-state index contributed by atoms with van der Waals surface area (Å²) < 4.78 is 20.0. The van der Waals surface area contributed by atoms with E-state index in [9.17, 15) is 4.39 Å². The molecule has 1 aromatic carbocycles. The molecule has 0 radical (unpaired) electrons. The van der Waals surface area contributed by atoms with Crippen LogP contribution < -0.4 is 15.4 Å². The van der Waals surface area contributed by atoms with Gasteiger partial charge < -0.3 is 20.4 Å². The number of aromatic nitrogens is 3. The normalized spacial score (nSPS) is 14.1. The largest absolute Gasteiger partial charge is 0.488 e. The van der Waals surface area contributed by atoms with Crippen LogP contribution in [0, 0.1) is 5.82 Å². The van der Waals surface area contributed by atoms with Crippen LogP contribution in [0.2, 0.25) is 0 Å². The fraction of sp³-hybridized carbons (Fsp3) is 0.263. The Morgan fingerprint density at radius 2 is 2.19 bits per heavy atom. The van der Waals surface area contributed by atoms with Crippen LogP contribution in [-0.4, -0.2) is 34.1 Å². The molecule has 134 valence electrons. The van der Waals surface area contributed by atoms with Gasteiger partial charge in [-0.25, -0.2) is 14.4 Å². The van der Waals surface area contributed by atoms with Crippen molar-refractivity contribution in [2.75, 3.05) is 18.4 Å². The predicted molar refractivity (Wildman–Crippen MR) is 98.2 cm³/mol. The Morgan fingerprint density at radius 1 is 1.31 bits per heavy atom. The van der Waals surface area contributed by atoms with E-state index < -0.39 is 5.82 Å². The van der Waals surface area contributed by atoms with E-state index in [-0.39, 0.29) is 11.8 Å². The van der Waals surface area contributed by atoms with Gasteiger partial charge in [0.05, 0.1) is 6.20 Å². The summed E-state index contributed by atoms with van der Waals surface area (Å²) in [5, 5.41) is 6.35. The van der Waals surface area contributed by atoms with Crippen molar-refractivity contribution in [2.45, 2.75) is 19.4 Å². The summed E-state index contributed by atoms with van der Waals surface area (Å²) in [4.78, 5) is 11.3. The molecular weight excluding hydrogens is 333 g/mol. The van der Waals surface area contributed by atoms with Gasteiger partial charge in [0, 0.05) is 42.8 Å². The van der Waals surface area contributed by atoms with Crippen LogP contribution in [-0.2, 0) is 6.42 Å². The van der Waals surface area contributed by atoms with Gasteiger partial charge >= 0.3 is 0 Å². The second-order valence-corrected chi connectivity index (χ2v) is 6.23. The lowest BCUT2D eigenvalue weighted by Crippen LogP contribution is -2.50. The first-order chi connectivity index (χ1) is 12.7. The van der Waals surface area contributed by atoms with E-state index in [4.69, 9.17) is 4.74 Å². The second kappa shape index (κ2) is 7.13. The molecule has 3 aromatic rings. The van der Waals surface area contributed by atoms with Crippen LogP contribution in [0.15, 0.2) is 42.9 Å². The van der Waals surface area contributed by atoms with Gasteiger partial charge in [-0.3, -0.25) is 0 Å². The van der Waals surface area contributed by atoms with Crippen LogP contribution >= 0.6 is 0 Å². The van der Waals surface area contributed by atoms with Gasteiger partial charge in [-0.05, 0) is 30.2 Å². The van der Waals surface area contributed by atoms with E-state index in [0.29, 0.717) is 11.5 Å². The van der Waals surface area contributed by atoms with Gasteiger partial charge in [0.15, 0.2) is 5.82 Å². The number of hydrogen-bond acceptors (Lipinski definition) is 5. The molecule has 0 spiro atoms. The molecule has 0 unspecified atom stereocenters. The molecule has 1 saturated heterocycles. The summed E-state index contributed by atoms with van der Waals surface area (Å²) in [7, 11) is 0. The maximum absolute atomic E-state index is 14.1. The van der Waals surface area contributed by atoms with Crippen LogP contribution in [0.25, 0.3) is 11.3 Å². The Bertz CT molecular complexity index is 893. The van der Waals surface area contributed by atoms with Gasteiger partial charge in [0.1, 0.15) is 17.5 Å². The van der Waals surface area contributed by atoms with Crippen molar-refractivity contribution in [3.63, 3.8) is 0 Å². The van der Waals surface area contributed by atoms with E-state index in [0.717, 1.165) is 36.5 Å². The Balaban J connectivity index is 1.60. The number of anilines is 2. The Morgan fingerprint density at radius 3 is 2.88 bits per heavy atom. The van der Waals surface area contributed by atoms with Crippen LogP contribution in [0.4, 0.5) is 16.0 Å². The highest BCUT2D eigenvalue weighted by Gasteiger charge is 2.19. The zero-order valence-electron chi connectivity index (χ0n) is 14.4. The molecule has 0 bridgehead atoms. The first kappa shape index (κ1) is 16.5. The smallest absolute Gasteiger partial charge is 0.227 e. The van der Waals surface area contributed by atoms with Crippen LogP contribution in [0.1, 0.15) is 12.5 Å². The standard InChI is InChI=1S/C19H20FN5O/c1-2-12-5-14(7-15(6-12)26-16-9-22-10-16)24-19-23-11-17(20)18(25-19)13-3-4-21-8-13/h3-8,11,16,21-22H,2,9-10H2,1H3,(H,23,24,25). The highest BCUT2D eigenvalue weighted by Crippen LogP contribution is 2.26. The van der Waals surface area contributed by atoms with E-state index in [2.05, 4.69) is 32.5 Å². The maximum atomic E-state index is 14.1. The quantitative estimate of drug-likeness (QED) is 0.634. The third-order valence-corrected chi connectivity index (χ3v) is 4.29. The van der Waals surface area contributed by atoms with Crippen molar-refractivity contribution in [3.05, 3.63) is 54.2 Å². The van der Waals surface area contributed by atoms with E-state index in [1.165, 1.54) is 6.20 Å². The van der Waals surface area contributed by atoms with E-state index in [1.807, 2.05) is 18.2 Å². The van der Waals surface area contributed by atoms with Crippen molar-refractivity contribution < 1.29 is 9.13 Å². The fourth-order valence-electron chi connectivity index (χ4n) is 2.77. The van der Waals surface area contributed by atoms with E-state index in [1.54, 1.807) is 18.5 Å². The SMILES string of the molecule is CCc1cc(Nc2ncc(F)c(-c3cc[nH]c3)n2)cc(OC2CNC2)c1. The average molecular weight is 353 g/mol. The van der Waals surface area contributed by atoms with E-state index >= 15 is 0 Å². The number of aromatic amines is 1. The lowest BCUT2D eigenvalue weighted by Gasteiger charge is -2.28. The van der Waals surface area contributed by atoms with Gasteiger partial charge in [-0.1, -0.05) is 6.92 Å². The summed E-state index contributed by atoms with van der Waals surface area (Å²) in [5.74, 6) is 0.692. The summed E-state index contributed by atoms with van der Waals surface area (Å²) in [6, 6.07) is 7.75.